The Morgan fingerprint density at radius 1 is 1.06 bits per heavy atom. The molecule has 0 bridgehead atoms. The highest BCUT2D eigenvalue weighted by Crippen LogP contribution is 2.59. The van der Waals surface area contributed by atoms with E-state index in [-0.39, 0.29) is 35.0 Å². The van der Waals surface area contributed by atoms with E-state index in [1.807, 2.05) is 37.8 Å². The third kappa shape index (κ3) is 6.28. The highest BCUT2D eigenvalue weighted by molar-refractivity contribution is 6.33. The molecule has 3 heterocycles. The van der Waals surface area contributed by atoms with Crippen LogP contribution in [0.25, 0.3) is 4.85 Å². The lowest BCUT2D eigenvalue weighted by atomic mass is 9.49. The molecule has 0 N–H and O–H groups in total. The minimum atomic E-state index is -0.481. The molecule has 0 atom stereocenters. The van der Waals surface area contributed by atoms with Gasteiger partial charge < -0.3 is 19.3 Å². The lowest BCUT2D eigenvalue weighted by Crippen LogP contribution is -2.74. The van der Waals surface area contributed by atoms with Crippen molar-refractivity contribution in [2.45, 2.75) is 91.6 Å². The highest BCUT2D eigenvalue weighted by atomic mass is 35.5. The first-order chi connectivity index (χ1) is 22.1. The molecule has 6 rings (SSSR count). The Hall–Kier alpha value is -3.79. The number of amides is 2. The molecule has 0 spiro atoms. The molecule has 0 unspecified atom stereocenters. The number of fused-ring (bicyclic) bond motifs is 1. The highest BCUT2D eigenvalue weighted by Gasteiger charge is 2.67. The molecule has 47 heavy (non-hydrogen) atoms. The van der Waals surface area contributed by atoms with E-state index in [1.165, 1.54) is 0 Å². The third-order valence-electron chi connectivity index (χ3n) is 10.2. The van der Waals surface area contributed by atoms with Gasteiger partial charge in [-0.2, -0.15) is 0 Å². The van der Waals surface area contributed by atoms with Crippen LogP contribution >= 0.6 is 11.6 Å². The number of hydrogen-bond acceptors (Lipinski definition) is 6. The number of hydrogen-bond donors (Lipinski definition) is 0. The van der Waals surface area contributed by atoms with Crippen LogP contribution < -0.4 is 4.74 Å². The molecule has 2 aliphatic carbocycles. The van der Waals surface area contributed by atoms with Gasteiger partial charge in [0.2, 0.25) is 5.69 Å². The summed E-state index contributed by atoms with van der Waals surface area (Å²) in [5, 5.41) is 0.367. The summed E-state index contributed by atoms with van der Waals surface area (Å²) < 4.78 is 12.0. The zero-order valence-electron chi connectivity index (χ0n) is 28.4. The molecule has 10 heteroatoms. The van der Waals surface area contributed by atoms with E-state index in [0.29, 0.717) is 59.3 Å². The number of ether oxygens (including phenoxy) is 2. The van der Waals surface area contributed by atoms with Crippen LogP contribution in [0, 0.1) is 35.2 Å². The largest absolute Gasteiger partial charge is 0.489 e. The first-order valence-electron chi connectivity index (χ1n) is 16.5. The van der Waals surface area contributed by atoms with E-state index < -0.39 is 5.60 Å². The lowest BCUT2D eigenvalue weighted by molar-refractivity contribution is -0.199. The summed E-state index contributed by atoms with van der Waals surface area (Å²) >= 11 is 6.27. The second-order valence-electron chi connectivity index (χ2n) is 15.5. The summed E-state index contributed by atoms with van der Waals surface area (Å²) in [7, 11) is 0. The van der Waals surface area contributed by atoms with Gasteiger partial charge in [-0.25, -0.2) is 14.6 Å². The van der Waals surface area contributed by atoms with Crippen molar-refractivity contribution in [2.24, 2.45) is 16.7 Å². The zero-order chi connectivity index (χ0) is 33.9. The van der Waals surface area contributed by atoms with Crippen LogP contribution in [-0.2, 0) is 11.3 Å². The van der Waals surface area contributed by atoms with Crippen molar-refractivity contribution in [3.05, 3.63) is 63.7 Å². The average molecular weight is 658 g/mol. The Balaban J connectivity index is 1.04. The van der Waals surface area contributed by atoms with Crippen LogP contribution in [0.5, 0.6) is 5.75 Å². The molecule has 2 amide bonds. The van der Waals surface area contributed by atoms with Gasteiger partial charge in [0.05, 0.1) is 29.4 Å². The van der Waals surface area contributed by atoms with E-state index in [1.54, 1.807) is 23.1 Å². The van der Waals surface area contributed by atoms with Crippen molar-refractivity contribution in [3.8, 4) is 17.6 Å². The standard InChI is InChI=1S/C37H44ClN5O4/c1-35(2,3)47-34(45)42-17-15-41(16-18-42)25-19-23(20-25)9-10-24-11-13-27-30(40-24)22-43(31(27)44)32-36(4,5)33(37(32,6)7)46-26-12-14-29(39-8)28(38)21-26/h11-14,21,23,25,32-33H,15-20,22H2,1-7H3. The molecule has 2 aromatic rings. The van der Waals surface area contributed by atoms with Crippen LogP contribution in [0.2, 0.25) is 5.02 Å². The number of piperazine rings is 1. The molecular weight excluding hydrogens is 614 g/mol. The van der Waals surface area contributed by atoms with E-state index in [2.05, 4.69) is 49.3 Å². The van der Waals surface area contributed by atoms with Crippen LogP contribution in [0.3, 0.4) is 0 Å². The van der Waals surface area contributed by atoms with Gasteiger partial charge in [-0.3, -0.25) is 9.69 Å². The van der Waals surface area contributed by atoms with Crippen molar-refractivity contribution < 1.29 is 19.1 Å². The zero-order valence-corrected chi connectivity index (χ0v) is 29.1. The summed E-state index contributed by atoms with van der Waals surface area (Å²) in [6, 6.07) is 9.30. The van der Waals surface area contributed by atoms with E-state index in [9.17, 15) is 9.59 Å². The molecule has 3 fully saturated rings. The number of carbonyl (C=O) groups is 2. The van der Waals surface area contributed by atoms with E-state index in [0.717, 1.165) is 31.6 Å². The normalized spacial score (nSPS) is 26.2. The fourth-order valence-electron chi connectivity index (χ4n) is 8.26. The van der Waals surface area contributed by atoms with Gasteiger partial charge in [0.1, 0.15) is 23.1 Å². The Bertz CT molecular complexity index is 1670. The molecular formula is C37H44ClN5O4. The topological polar surface area (TPSA) is 79.6 Å². The van der Waals surface area contributed by atoms with Gasteiger partial charge in [0.15, 0.2) is 0 Å². The number of carbonyl (C=O) groups excluding carboxylic acids is 2. The summed E-state index contributed by atoms with van der Waals surface area (Å²) in [5.74, 6) is 7.63. The molecule has 0 radical (unpaired) electrons. The average Bonchev–Trinajstić information content (AvgIpc) is 3.28. The van der Waals surface area contributed by atoms with Crippen LogP contribution in [0.15, 0.2) is 30.3 Å². The third-order valence-corrected chi connectivity index (χ3v) is 10.5. The van der Waals surface area contributed by atoms with Crippen molar-refractivity contribution in [2.75, 3.05) is 26.2 Å². The molecule has 9 nitrogen and oxygen atoms in total. The summed E-state index contributed by atoms with van der Waals surface area (Å²) in [4.78, 5) is 40.5. The van der Waals surface area contributed by atoms with Crippen LogP contribution in [0.1, 0.15) is 83.1 Å². The van der Waals surface area contributed by atoms with Crippen molar-refractivity contribution in [1.82, 2.24) is 19.7 Å². The quantitative estimate of drug-likeness (QED) is 0.266. The Morgan fingerprint density at radius 3 is 2.36 bits per heavy atom. The smallest absolute Gasteiger partial charge is 0.410 e. The number of pyridine rings is 1. The van der Waals surface area contributed by atoms with Crippen LogP contribution in [0.4, 0.5) is 10.5 Å². The maximum Gasteiger partial charge on any atom is 0.410 e. The molecule has 4 aliphatic rings. The summed E-state index contributed by atoms with van der Waals surface area (Å²) in [6.45, 7) is 25.0. The van der Waals surface area contributed by atoms with Crippen molar-refractivity contribution in [1.29, 1.82) is 0 Å². The molecule has 2 saturated carbocycles. The Kier molecular flexibility index (Phi) is 8.47. The van der Waals surface area contributed by atoms with Crippen LogP contribution in [-0.4, -0.2) is 81.7 Å². The number of aromatic nitrogens is 1. The monoisotopic (exact) mass is 657 g/mol. The first kappa shape index (κ1) is 33.1. The predicted molar refractivity (Wildman–Crippen MR) is 180 cm³/mol. The number of rotatable bonds is 4. The van der Waals surface area contributed by atoms with Gasteiger partial charge in [-0.15, -0.1) is 0 Å². The minimum Gasteiger partial charge on any atom is -0.489 e. The number of halogens is 1. The number of nitrogens with zero attached hydrogens (tertiary/aromatic N) is 5. The van der Waals surface area contributed by atoms with Crippen molar-refractivity contribution in [3.63, 3.8) is 0 Å². The summed E-state index contributed by atoms with van der Waals surface area (Å²) in [6.07, 6.45) is 1.63. The molecule has 1 aromatic carbocycles. The molecule has 248 valence electrons. The van der Waals surface area contributed by atoms with Gasteiger partial charge >= 0.3 is 6.09 Å². The van der Waals surface area contributed by atoms with Gasteiger partial charge in [0, 0.05) is 55.0 Å². The molecule has 1 saturated heterocycles. The fourth-order valence-corrected chi connectivity index (χ4v) is 8.47. The number of benzene rings is 1. The minimum absolute atomic E-state index is 0.00494. The lowest BCUT2D eigenvalue weighted by Gasteiger charge is -2.65. The predicted octanol–water partition coefficient (Wildman–Crippen LogP) is 6.81. The maximum absolute atomic E-state index is 13.7. The summed E-state index contributed by atoms with van der Waals surface area (Å²) in [5.41, 5.74) is 1.35. The molecule has 2 aliphatic heterocycles. The first-order valence-corrected chi connectivity index (χ1v) is 16.8. The fraction of sp³-hybridized carbons (Fsp3) is 0.568. The molecule has 1 aromatic heterocycles. The van der Waals surface area contributed by atoms with Gasteiger partial charge in [-0.1, -0.05) is 51.3 Å². The van der Waals surface area contributed by atoms with Gasteiger partial charge in [-0.05, 0) is 63.8 Å². The second kappa shape index (κ2) is 12.0. The van der Waals surface area contributed by atoms with E-state index in [4.69, 9.17) is 32.6 Å². The van der Waals surface area contributed by atoms with E-state index >= 15 is 0 Å². The second-order valence-corrected chi connectivity index (χ2v) is 15.9. The maximum atomic E-state index is 13.7. The van der Waals surface area contributed by atoms with Gasteiger partial charge in [0.25, 0.3) is 5.91 Å². The van der Waals surface area contributed by atoms with Crippen molar-refractivity contribution >= 4 is 29.3 Å². The SMILES string of the molecule is [C-]#[N+]c1ccc(OC2C(C)(C)C(N3Cc4nc(C#CC5CC(N6CCN(C(=O)OC(C)(C)C)CC6)C5)ccc4C3=O)C2(C)C)cc1Cl. The Morgan fingerprint density at radius 2 is 1.74 bits per heavy atom. The Labute approximate surface area is 283 Å².